The Morgan fingerprint density at radius 3 is 2.41 bits per heavy atom. The summed E-state index contributed by atoms with van der Waals surface area (Å²) < 4.78 is 37.8. The van der Waals surface area contributed by atoms with E-state index in [4.69, 9.17) is 11.6 Å². The Bertz CT molecular complexity index is 455. The van der Waals surface area contributed by atoms with Crippen molar-refractivity contribution in [2.45, 2.75) is 18.5 Å². The number of halogens is 4. The van der Waals surface area contributed by atoms with Crippen molar-refractivity contribution in [3.63, 3.8) is 0 Å². The Hall–Kier alpha value is -1.36. The Morgan fingerprint density at radius 1 is 1.41 bits per heavy atom. The SMILES string of the molecule is CC(=O)C(Cl)c1cccc(C(F)(F)F)c1C=O. The summed E-state index contributed by atoms with van der Waals surface area (Å²) in [6.45, 7) is 1.15. The van der Waals surface area contributed by atoms with Crippen LogP contribution in [0.25, 0.3) is 0 Å². The number of alkyl halides is 4. The Kier molecular flexibility index (Phi) is 3.93. The summed E-state index contributed by atoms with van der Waals surface area (Å²) in [5.74, 6) is -0.519. The molecule has 0 heterocycles. The van der Waals surface area contributed by atoms with E-state index >= 15 is 0 Å². The van der Waals surface area contributed by atoms with Crippen LogP contribution in [0.4, 0.5) is 13.2 Å². The molecule has 0 saturated carbocycles. The van der Waals surface area contributed by atoms with Crippen LogP contribution in [0.3, 0.4) is 0 Å². The van der Waals surface area contributed by atoms with E-state index < -0.39 is 28.5 Å². The highest BCUT2D eigenvalue weighted by Gasteiger charge is 2.35. The first-order valence-corrected chi connectivity index (χ1v) is 5.02. The van der Waals surface area contributed by atoms with E-state index in [2.05, 4.69) is 0 Å². The van der Waals surface area contributed by atoms with E-state index in [0.29, 0.717) is 0 Å². The average Bonchev–Trinajstić information content (AvgIpc) is 2.25. The summed E-state index contributed by atoms with van der Waals surface area (Å²) >= 11 is 5.67. The predicted molar refractivity (Wildman–Crippen MR) is 56.1 cm³/mol. The van der Waals surface area contributed by atoms with Crippen LogP contribution in [0.2, 0.25) is 0 Å². The number of hydrogen-bond acceptors (Lipinski definition) is 2. The van der Waals surface area contributed by atoms with Crippen molar-refractivity contribution in [1.82, 2.24) is 0 Å². The predicted octanol–water partition coefficient (Wildman–Crippen LogP) is 3.39. The molecule has 0 bridgehead atoms. The van der Waals surface area contributed by atoms with Gasteiger partial charge in [0.15, 0.2) is 12.1 Å². The van der Waals surface area contributed by atoms with Gasteiger partial charge in [-0.2, -0.15) is 13.2 Å². The van der Waals surface area contributed by atoms with Crippen molar-refractivity contribution >= 4 is 23.7 Å². The first-order chi connectivity index (χ1) is 7.79. The highest BCUT2D eigenvalue weighted by Crippen LogP contribution is 2.35. The maximum absolute atomic E-state index is 12.6. The molecule has 1 atom stereocenters. The smallest absolute Gasteiger partial charge is 0.298 e. The molecule has 0 aliphatic heterocycles. The number of rotatable bonds is 3. The van der Waals surface area contributed by atoms with Gasteiger partial charge in [0.25, 0.3) is 0 Å². The molecule has 0 saturated heterocycles. The zero-order valence-electron chi connectivity index (χ0n) is 8.72. The van der Waals surface area contributed by atoms with Crippen LogP contribution < -0.4 is 0 Å². The Labute approximate surface area is 100 Å². The van der Waals surface area contributed by atoms with Crippen LogP contribution in [0.1, 0.15) is 33.8 Å². The van der Waals surface area contributed by atoms with Gasteiger partial charge in [-0.3, -0.25) is 9.59 Å². The number of carbonyl (C=O) groups is 2. The lowest BCUT2D eigenvalue weighted by atomic mass is 9.98. The monoisotopic (exact) mass is 264 g/mol. The van der Waals surface area contributed by atoms with Crippen LogP contribution in [0.15, 0.2) is 18.2 Å². The van der Waals surface area contributed by atoms with E-state index in [0.717, 1.165) is 19.1 Å². The molecule has 0 N–H and O–H groups in total. The second-order valence-corrected chi connectivity index (χ2v) is 3.83. The summed E-state index contributed by atoms with van der Waals surface area (Å²) in [6.07, 6.45) is -4.59. The Morgan fingerprint density at radius 2 is 2.00 bits per heavy atom. The van der Waals surface area contributed by atoms with E-state index in [-0.39, 0.29) is 11.8 Å². The Balaban J connectivity index is 3.44. The topological polar surface area (TPSA) is 34.1 Å². The largest absolute Gasteiger partial charge is 0.417 e. The first-order valence-electron chi connectivity index (χ1n) is 4.59. The third-order valence-corrected chi connectivity index (χ3v) is 2.74. The van der Waals surface area contributed by atoms with Gasteiger partial charge in [-0.25, -0.2) is 0 Å². The van der Waals surface area contributed by atoms with E-state index in [1.165, 1.54) is 6.07 Å². The molecule has 1 rings (SSSR count). The fourth-order valence-electron chi connectivity index (χ4n) is 1.40. The number of carbonyl (C=O) groups excluding carboxylic acids is 2. The number of aldehydes is 1. The third kappa shape index (κ3) is 2.85. The molecule has 17 heavy (non-hydrogen) atoms. The molecule has 0 radical (unpaired) electrons. The van der Waals surface area contributed by atoms with Gasteiger partial charge in [0.2, 0.25) is 0 Å². The second-order valence-electron chi connectivity index (χ2n) is 3.40. The molecular weight excluding hydrogens is 257 g/mol. The van der Waals surface area contributed by atoms with Crippen LogP contribution in [0, 0.1) is 0 Å². The van der Waals surface area contributed by atoms with Gasteiger partial charge in [-0.05, 0) is 18.6 Å². The lowest BCUT2D eigenvalue weighted by Crippen LogP contribution is -2.13. The molecule has 1 aromatic rings. The highest BCUT2D eigenvalue weighted by molar-refractivity contribution is 6.31. The molecular formula is C11H8ClF3O2. The van der Waals surface area contributed by atoms with Crippen molar-refractivity contribution in [2.75, 3.05) is 0 Å². The van der Waals surface area contributed by atoms with Gasteiger partial charge >= 0.3 is 6.18 Å². The van der Waals surface area contributed by atoms with Crippen molar-refractivity contribution in [3.8, 4) is 0 Å². The van der Waals surface area contributed by atoms with Crippen LogP contribution in [-0.2, 0) is 11.0 Å². The normalized spacial score (nSPS) is 13.2. The van der Waals surface area contributed by atoms with E-state index in [1.54, 1.807) is 0 Å². The van der Waals surface area contributed by atoms with Gasteiger partial charge in [-0.1, -0.05) is 12.1 Å². The molecule has 2 nitrogen and oxygen atoms in total. The van der Waals surface area contributed by atoms with Crippen LogP contribution in [0.5, 0.6) is 0 Å². The summed E-state index contributed by atoms with van der Waals surface area (Å²) in [4.78, 5) is 21.8. The zero-order chi connectivity index (χ0) is 13.2. The molecule has 0 spiro atoms. The number of Topliss-reactive ketones (excluding diaryl/α,β-unsaturated/α-hetero) is 1. The van der Waals surface area contributed by atoms with Crippen molar-refractivity contribution in [2.24, 2.45) is 0 Å². The summed E-state index contributed by atoms with van der Waals surface area (Å²) in [5.41, 5.74) is -1.80. The molecule has 0 aromatic heterocycles. The quantitative estimate of drug-likeness (QED) is 0.619. The maximum atomic E-state index is 12.6. The summed E-state index contributed by atoms with van der Waals surface area (Å²) in [5, 5.41) is -1.25. The average molecular weight is 265 g/mol. The molecule has 0 fully saturated rings. The first kappa shape index (κ1) is 13.7. The molecule has 0 aliphatic carbocycles. The zero-order valence-corrected chi connectivity index (χ0v) is 9.47. The minimum atomic E-state index is -4.65. The minimum absolute atomic E-state index is 0.0659. The molecule has 6 heteroatoms. The molecule has 1 unspecified atom stereocenters. The van der Waals surface area contributed by atoms with Crippen molar-refractivity contribution in [3.05, 3.63) is 34.9 Å². The summed E-state index contributed by atoms with van der Waals surface area (Å²) in [7, 11) is 0. The van der Waals surface area contributed by atoms with Crippen molar-refractivity contribution < 1.29 is 22.8 Å². The molecule has 1 aromatic carbocycles. The lowest BCUT2D eigenvalue weighted by molar-refractivity contribution is -0.138. The van der Waals surface area contributed by atoms with Crippen molar-refractivity contribution in [1.29, 1.82) is 0 Å². The highest BCUT2D eigenvalue weighted by atomic mass is 35.5. The van der Waals surface area contributed by atoms with Gasteiger partial charge in [-0.15, -0.1) is 11.6 Å². The van der Waals surface area contributed by atoms with Gasteiger partial charge in [0, 0.05) is 5.56 Å². The lowest BCUT2D eigenvalue weighted by Gasteiger charge is -2.14. The van der Waals surface area contributed by atoms with E-state index in [1.807, 2.05) is 0 Å². The van der Waals surface area contributed by atoms with E-state index in [9.17, 15) is 22.8 Å². The number of ketones is 1. The minimum Gasteiger partial charge on any atom is -0.298 e. The fraction of sp³-hybridized carbons (Fsp3) is 0.273. The molecule has 0 amide bonds. The number of benzene rings is 1. The molecule has 0 aliphatic rings. The van der Waals surface area contributed by atoms with Crippen LogP contribution >= 0.6 is 11.6 Å². The summed E-state index contributed by atoms with van der Waals surface area (Å²) in [6, 6.07) is 3.12. The fourth-order valence-corrected chi connectivity index (χ4v) is 1.59. The third-order valence-electron chi connectivity index (χ3n) is 2.19. The van der Waals surface area contributed by atoms with Crippen LogP contribution in [-0.4, -0.2) is 12.1 Å². The van der Waals surface area contributed by atoms with Gasteiger partial charge in [0.1, 0.15) is 5.38 Å². The van der Waals surface area contributed by atoms with Gasteiger partial charge < -0.3 is 0 Å². The molecule has 92 valence electrons. The number of hydrogen-bond donors (Lipinski definition) is 0. The maximum Gasteiger partial charge on any atom is 0.417 e. The standard InChI is InChI=1S/C11H8ClF3O2/c1-6(17)10(12)7-3-2-4-9(8(7)5-16)11(13,14)15/h2-5,10H,1H3. The van der Waals surface area contributed by atoms with Gasteiger partial charge in [0.05, 0.1) is 5.56 Å². The second kappa shape index (κ2) is 4.87.